The van der Waals surface area contributed by atoms with Crippen molar-refractivity contribution in [2.24, 2.45) is 11.7 Å². The molecule has 0 aliphatic carbocycles. The lowest BCUT2D eigenvalue weighted by Crippen LogP contribution is -2.49. The van der Waals surface area contributed by atoms with Crippen LogP contribution in [0.2, 0.25) is 0 Å². The van der Waals surface area contributed by atoms with E-state index in [0.29, 0.717) is 5.92 Å². The summed E-state index contributed by atoms with van der Waals surface area (Å²) in [4.78, 5) is 0. The van der Waals surface area contributed by atoms with Crippen LogP contribution in [0.15, 0.2) is 0 Å². The lowest BCUT2D eigenvalue weighted by atomic mass is 10.1. The fourth-order valence-electron chi connectivity index (χ4n) is 0.732. The number of nitrogens with one attached hydrogen (secondary N) is 1. The van der Waals surface area contributed by atoms with Crippen molar-refractivity contribution in [1.29, 1.82) is 0 Å². The van der Waals surface area contributed by atoms with Crippen molar-refractivity contribution in [3.63, 3.8) is 0 Å². The normalized spacial score (nSPS) is 33.4. The predicted molar refractivity (Wildman–Crippen MR) is 39.2 cm³/mol. The molecule has 2 unspecified atom stereocenters. The van der Waals surface area contributed by atoms with E-state index in [9.17, 15) is 0 Å². The summed E-state index contributed by atoms with van der Waals surface area (Å²) in [6.45, 7) is 3.94. The summed E-state index contributed by atoms with van der Waals surface area (Å²) in [6.07, 6.45) is 1.92. The number of nitrogens with zero attached hydrogens (tertiary/aromatic N) is 1. The van der Waals surface area contributed by atoms with Gasteiger partial charge in [-0.3, -0.25) is 5.73 Å². The quantitative estimate of drug-likeness (QED) is 0.412. The first-order valence-electron chi connectivity index (χ1n) is 3.10. The molecular weight excluding hydrogens is 114 g/mol. The zero-order valence-electron chi connectivity index (χ0n) is 5.76. The van der Waals surface area contributed by atoms with Gasteiger partial charge in [-0.2, -0.15) is 0 Å². The second kappa shape index (κ2) is 2.21. The average molecular weight is 126 g/mol. The predicted octanol–water partition coefficient (Wildman–Crippen LogP) is -0.933. The van der Waals surface area contributed by atoms with Gasteiger partial charge in [0.1, 0.15) is 0 Å². The SMILES string of the molecule is CC1=[N+]=CC(C)C(N)N1. The third-order valence-corrected chi connectivity index (χ3v) is 1.45. The molecular formula is C6H12N3+. The summed E-state index contributed by atoms with van der Waals surface area (Å²) >= 11 is 0. The molecule has 0 saturated carbocycles. The molecule has 1 heterocycles. The van der Waals surface area contributed by atoms with E-state index in [1.54, 1.807) is 0 Å². The first-order chi connectivity index (χ1) is 4.20. The van der Waals surface area contributed by atoms with Gasteiger partial charge < -0.3 is 0 Å². The molecule has 50 valence electrons. The molecule has 3 heteroatoms. The van der Waals surface area contributed by atoms with E-state index < -0.39 is 0 Å². The zero-order valence-corrected chi connectivity index (χ0v) is 5.76. The summed E-state index contributed by atoms with van der Waals surface area (Å²) in [5, 5.41) is 3.03. The molecule has 3 N–H and O–H groups in total. The summed E-state index contributed by atoms with van der Waals surface area (Å²) in [5.74, 6) is 1.24. The van der Waals surface area contributed by atoms with E-state index >= 15 is 0 Å². The Balaban J connectivity index is 2.74. The summed E-state index contributed by atoms with van der Waals surface area (Å²) in [6, 6.07) is 0. The van der Waals surface area contributed by atoms with Gasteiger partial charge in [0.2, 0.25) is 0 Å². The first-order valence-corrected chi connectivity index (χ1v) is 3.10. The fourth-order valence-corrected chi connectivity index (χ4v) is 0.732. The maximum Gasteiger partial charge on any atom is 0.340 e. The number of hydrogen-bond acceptors (Lipinski definition) is 2. The second-order valence-corrected chi connectivity index (χ2v) is 2.39. The van der Waals surface area contributed by atoms with Crippen LogP contribution < -0.4 is 15.7 Å². The Hall–Kier alpha value is -0.790. The van der Waals surface area contributed by atoms with Gasteiger partial charge in [0, 0.05) is 0 Å². The number of nitrogens with two attached hydrogens (primary N) is 1. The van der Waals surface area contributed by atoms with Crippen molar-refractivity contribution in [3.05, 3.63) is 0 Å². The molecule has 1 aliphatic rings. The highest BCUT2D eigenvalue weighted by atomic mass is 15.1. The van der Waals surface area contributed by atoms with E-state index in [2.05, 4.69) is 9.98 Å². The number of amidine groups is 1. The summed E-state index contributed by atoms with van der Waals surface area (Å²) in [5.41, 5.74) is 5.65. The largest absolute Gasteiger partial charge is 0.340 e. The molecule has 0 aromatic carbocycles. The maximum absolute atomic E-state index is 5.65. The van der Waals surface area contributed by atoms with Crippen molar-refractivity contribution in [3.8, 4) is 0 Å². The molecule has 0 amide bonds. The van der Waals surface area contributed by atoms with Crippen molar-refractivity contribution in [2.75, 3.05) is 0 Å². The lowest BCUT2D eigenvalue weighted by Gasteiger charge is -2.11. The molecule has 1 aliphatic heterocycles. The van der Waals surface area contributed by atoms with Crippen molar-refractivity contribution in [1.82, 2.24) is 9.98 Å². The van der Waals surface area contributed by atoms with Gasteiger partial charge in [0.15, 0.2) is 12.4 Å². The molecule has 0 spiro atoms. The van der Waals surface area contributed by atoms with E-state index in [1.165, 1.54) is 0 Å². The van der Waals surface area contributed by atoms with Crippen LogP contribution >= 0.6 is 0 Å². The minimum absolute atomic E-state index is 0.0440. The molecule has 9 heavy (non-hydrogen) atoms. The van der Waals surface area contributed by atoms with Crippen LogP contribution in [0.1, 0.15) is 13.8 Å². The fraction of sp³-hybridized carbons (Fsp3) is 0.667. The molecule has 0 fully saturated rings. The molecule has 0 bridgehead atoms. The van der Waals surface area contributed by atoms with E-state index in [4.69, 9.17) is 5.73 Å². The molecule has 0 saturated heterocycles. The van der Waals surface area contributed by atoms with Crippen LogP contribution in [-0.2, 0) is 0 Å². The maximum atomic E-state index is 5.65. The Kier molecular flexibility index (Phi) is 1.56. The van der Waals surface area contributed by atoms with Crippen LogP contribution in [-0.4, -0.2) is 18.2 Å². The minimum atomic E-state index is 0.0440. The molecule has 3 nitrogen and oxygen atoms in total. The van der Waals surface area contributed by atoms with Crippen LogP contribution in [0.25, 0.3) is 0 Å². The van der Waals surface area contributed by atoms with Crippen LogP contribution in [0.3, 0.4) is 0 Å². The smallest absolute Gasteiger partial charge is 0.292 e. The molecule has 1 rings (SSSR count). The third kappa shape index (κ3) is 1.31. The first kappa shape index (κ1) is 6.33. The summed E-state index contributed by atoms with van der Waals surface area (Å²) in [7, 11) is 0. The molecule has 0 aromatic rings. The highest BCUT2D eigenvalue weighted by Crippen LogP contribution is 1.93. The van der Waals surface area contributed by atoms with Crippen molar-refractivity contribution >= 4 is 12.1 Å². The third-order valence-electron chi connectivity index (χ3n) is 1.45. The van der Waals surface area contributed by atoms with Crippen molar-refractivity contribution in [2.45, 2.75) is 20.0 Å². The lowest BCUT2D eigenvalue weighted by molar-refractivity contribution is 0.531. The van der Waals surface area contributed by atoms with Crippen LogP contribution in [0.5, 0.6) is 0 Å². The van der Waals surface area contributed by atoms with Crippen LogP contribution in [0, 0.1) is 5.92 Å². The van der Waals surface area contributed by atoms with E-state index in [0.717, 1.165) is 5.84 Å². The Bertz CT molecular complexity index is 167. The molecule has 0 radical (unpaired) electrons. The van der Waals surface area contributed by atoms with Gasteiger partial charge in [-0.15, -0.1) is 0 Å². The number of rotatable bonds is 0. The minimum Gasteiger partial charge on any atom is -0.292 e. The van der Waals surface area contributed by atoms with Gasteiger partial charge in [0.05, 0.1) is 12.8 Å². The average Bonchev–Trinajstić information content (AvgIpc) is 1.80. The Morgan fingerprint density at radius 1 is 1.78 bits per heavy atom. The standard InChI is InChI=1S/C6H11N3/c1-4-3-8-5(2)9-6(4)7/h3-4,6H,7H2,1-2H3/p+1. The van der Waals surface area contributed by atoms with Gasteiger partial charge >= 0.3 is 5.84 Å². The van der Waals surface area contributed by atoms with Gasteiger partial charge in [-0.25, -0.2) is 9.98 Å². The van der Waals surface area contributed by atoms with Gasteiger partial charge in [0.25, 0.3) is 0 Å². The van der Waals surface area contributed by atoms with Crippen LogP contribution in [0.4, 0.5) is 0 Å². The molecule has 2 atom stereocenters. The van der Waals surface area contributed by atoms with Crippen molar-refractivity contribution < 1.29 is 0 Å². The summed E-state index contributed by atoms with van der Waals surface area (Å²) < 4.78 is 4.06. The van der Waals surface area contributed by atoms with Gasteiger partial charge in [-0.05, 0) is 6.92 Å². The Labute approximate surface area is 54.7 Å². The van der Waals surface area contributed by atoms with E-state index in [-0.39, 0.29) is 6.17 Å². The van der Waals surface area contributed by atoms with E-state index in [1.807, 2.05) is 20.1 Å². The zero-order chi connectivity index (χ0) is 6.85. The topological polar surface area (TPSA) is 52.2 Å². The monoisotopic (exact) mass is 126 g/mol. The highest BCUT2D eigenvalue weighted by Gasteiger charge is 2.21. The Morgan fingerprint density at radius 2 is 2.44 bits per heavy atom. The second-order valence-electron chi connectivity index (χ2n) is 2.39. The number of hydrogen-bond donors (Lipinski definition) is 2. The van der Waals surface area contributed by atoms with Gasteiger partial charge in [-0.1, -0.05) is 0 Å². The molecule has 0 aromatic heterocycles. The Morgan fingerprint density at radius 3 is 2.89 bits per heavy atom. The highest BCUT2D eigenvalue weighted by molar-refractivity contribution is 5.84.